The number of methoxy groups -OCH3 is 1. The van der Waals surface area contributed by atoms with Gasteiger partial charge in [-0.15, -0.1) is 0 Å². The molecule has 1 saturated heterocycles. The highest BCUT2D eigenvalue weighted by Crippen LogP contribution is 2.21. The fourth-order valence-corrected chi connectivity index (χ4v) is 2.63. The third-order valence-corrected chi connectivity index (χ3v) is 3.68. The molecule has 20 heavy (non-hydrogen) atoms. The SMILES string of the molecule is COc1ccccc1C(=O)CCN1CCCC1C(=O)O. The first-order valence-corrected chi connectivity index (χ1v) is 6.76. The highest BCUT2D eigenvalue weighted by molar-refractivity contribution is 5.98. The monoisotopic (exact) mass is 277 g/mol. The third-order valence-electron chi connectivity index (χ3n) is 3.68. The summed E-state index contributed by atoms with van der Waals surface area (Å²) in [5.74, 6) is -0.251. The van der Waals surface area contributed by atoms with Gasteiger partial charge in [-0.1, -0.05) is 12.1 Å². The van der Waals surface area contributed by atoms with E-state index in [0.29, 0.717) is 30.7 Å². The van der Waals surface area contributed by atoms with Crippen LogP contribution >= 0.6 is 0 Å². The maximum Gasteiger partial charge on any atom is 0.320 e. The van der Waals surface area contributed by atoms with Crippen molar-refractivity contribution in [2.24, 2.45) is 0 Å². The van der Waals surface area contributed by atoms with Crippen molar-refractivity contribution >= 4 is 11.8 Å². The molecule has 1 aliphatic rings. The third kappa shape index (κ3) is 3.17. The van der Waals surface area contributed by atoms with Gasteiger partial charge in [0.05, 0.1) is 12.7 Å². The van der Waals surface area contributed by atoms with Crippen LogP contribution in [0, 0.1) is 0 Å². The number of hydrogen-bond acceptors (Lipinski definition) is 4. The molecule has 1 N–H and O–H groups in total. The van der Waals surface area contributed by atoms with Gasteiger partial charge in [0.1, 0.15) is 11.8 Å². The molecule has 5 nitrogen and oxygen atoms in total. The van der Waals surface area contributed by atoms with E-state index >= 15 is 0 Å². The number of carbonyl (C=O) groups excluding carboxylic acids is 1. The average molecular weight is 277 g/mol. The molecule has 0 aliphatic carbocycles. The van der Waals surface area contributed by atoms with Crippen LogP contribution < -0.4 is 4.74 Å². The quantitative estimate of drug-likeness (QED) is 0.803. The van der Waals surface area contributed by atoms with E-state index in [1.807, 2.05) is 11.0 Å². The van der Waals surface area contributed by atoms with Gasteiger partial charge < -0.3 is 9.84 Å². The largest absolute Gasteiger partial charge is 0.496 e. The molecule has 0 bridgehead atoms. The maximum atomic E-state index is 12.2. The molecule has 1 aromatic rings. The van der Waals surface area contributed by atoms with Crippen LogP contribution in [0.25, 0.3) is 0 Å². The van der Waals surface area contributed by atoms with E-state index in [0.717, 1.165) is 13.0 Å². The highest BCUT2D eigenvalue weighted by Gasteiger charge is 2.30. The lowest BCUT2D eigenvalue weighted by Crippen LogP contribution is -2.37. The minimum absolute atomic E-state index is 0.0153. The standard InChI is InChI=1S/C15H19NO4/c1-20-14-7-3-2-5-11(14)13(17)8-10-16-9-4-6-12(16)15(18)19/h2-3,5,7,12H,4,6,8-10H2,1H3,(H,18,19). The Morgan fingerprint density at radius 1 is 1.40 bits per heavy atom. The van der Waals surface area contributed by atoms with Crippen LogP contribution in [0.15, 0.2) is 24.3 Å². The van der Waals surface area contributed by atoms with E-state index in [1.54, 1.807) is 18.2 Å². The number of Topliss-reactive ketones (excluding diaryl/α,β-unsaturated/α-hetero) is 1. The van der Waals surface area contributed by atoms with Gasteiger partial charge in [-0.25, -0.2) is 0 Å². The Kier molecular flexibility index (Phi) is 4.74. The normalized spacial score (nSPS) is 18.9. The molecule has 1 aromatic carbocycles. The zero-order valence-electron chi connectivity index (χ0n) is 11.5. The number of para-hydroxylation sites is 1. The molecule has 1 aliphatic heterocycles. The van der Waals surface area contributed by atoms with Crippen LogP contribution in [-0.2, 0) is 4.79 Å². The number of rotatable bonds is 6. The second-order valence-electron chi connectivity index (χ2n) is 4.91. The molecular formula is C15H19NO4. The molecule has 0 saturated carbocycles. The first-order chi connectivity index (χ1) is 9.63. The van der Waals surface area contributed by atoms with Crippen LogP contribution in [0.1, 0.15) is 29.6 Å². The van der Waals surface area contributed by atoms with Crippen molar-refractivity contribution in [3.05, 3.63) is 29.8 Å². The fourth-order valence-electron chi connectivity index (χ4n) is 2.63. The number of likely N-dealkylation sites (tertiary alicyclic amines) is 1. The van der Waals surface area contributed by atoms with Crippen molar-refractivity contribution in [1.82, 2.24) is 4.90 Å². The molecular weight excluding hydrogens is 258 g/mol. The van der Waals surface area contributed by atoms with Crippen LogP contribution in [0.5, 0.6) is 5.75 Å². The van der Waals surface area contributed by atoms with Gasteiger partial charge in [-0.3, -0.25) is 14.5 Å². The summed E-state index contributed by atoms with van der Waals surface area (Å²) < 4.78 is 5.17. The number of aliphatic carboxylic acids is 1. The fraction of sp³-hybridized carbons (Fsp3) is 0.467. The van der Waals surface area contributed by atoms with Crippen molar-refractivity contribution < 1.29 is 19.4 Å². The molecule has 1 unspecified atom stereocenters. The molecule has 5 heteroatoms. The van der Waals surface area contributed by atoms with Gasteiger partial charge in [-0.2, -0.15) is 0 Å². The summed E-state index contributed by atoms with van der Waals surface area (Å²) in [7, 11) is 1.53. The van der Waals surface area contributed by atoms with Gasteiger partial charge in [0.2, 0.25) is 0 Å². The number of ether oxygens (including phenoxy) is 1. The molecule has 0 amide bonds. The summed E-state index contributed by atoms with van der Waals surface area (Å²) in [4.78, 5) is 25.2. The second-order valence-corrected chi connectivity index (χ2v) is 4.91. The van der Waals surface area contributed by atoms with Crippen molar-refractivity contribution in [3.63, 3.8) is 0 Å². The Bertz CT molecular complexity index is 500. The molecule has 1 heterocycles. The van der Waals surface area contributed by atoms with E-state index in [2.05, 4.69) is 0 Å². The van der Waals surface area contributed by atoms with Crippen molar-refractivity contribution in [1.29, 1.82) is 0 Å². The minimum Gasteiger partial charge on any atom is -0.496 e. The Balaban J connectivity index is 1.97. The molecule has 1 atom stereocenters. The summed E-state index contributed by atoms with van der Waals surface area (Å²) in [6.45, 7) is 1.23. The second kappa shape index (κ2) is 6.52. The average Bonchev–Trinajstić information content (AvgIpc) is 2.93. The molecule has 0 aromatic heterocycles. The first-order valence-electron chi connectivity index (χ1n) is 6.76. The molecule has 0 spiro atoms. The van der Waals surface area contributed by atoms with Gasteiger partial charge in [-0.05, 0) is 31.5 Å². The summed E-state index contributed by atoms with van der Waals surface area (Å²) >= 11 is 0. The zero-order chi connectivity index (χ0) is 14.5. The van der Waals surface area contributed by atoms with E-state index in [-0.39, 0.29) is 5.78 Å². The summed E-state index contributed by atoms with van der Waals surface area (Å²) in [6, 6.07) is 6.66. The van der Waals surface area contributed by atoms with E-state index in [9.17, 15) is 9.59 Å². The Morgan fingerprint density at radius 3 is 2.85 bits per heavy atom. The summed E-state index contributed by atoms with van der Waals surface area (Å²) in [5.41, 5.74) is 0.557. The number of carbonyl (C=O) groups is 2. The van der Waals surface area contributed by atoms with Crippen LogP contribution in [0.4, 0.5) is 0 Å². The van der Waals surface area contributed by atoms with Crippen molar-refractivity contribution in [2.75, 3.05) is 20.2 Å². The zero-order valence-corrected chi connectivity index (χ0v) is 11.5. The molecule has 0 radical (unpaired) electrons. The minimum atomic E-state index is -0.799. The Labute approximate surface area is 118 Å². The highest BCUT2D eigenvalue weighted by atomic mass is 16.5. The molecule has 1 fully saturated rings. The Morgan fingerprint density at radius 2 is 2.15 bits per heavy atom. The van der Waals surface area contributed by atoms with E-state index in [4.69, 9.17) is 9.84 Å². The lowest BCUT2D eigenvalue weighted by atomic mass is 10.1. The number of hydrogen-bond donors (Lipinski definition) is 1. The maximum absolute atomic E-state index is 12.2. The number of benzene rings is 1. The topological polar surface area (TPSA) is 66.8 Å². The lowest BCUT2D eigenvalue weighted by Gasteiger charge is -2.20. The number of carboxylic acids is 1. The number of ketones is 1. The summed E-state index contributed by atoms with van der Waals surface area (Å²) in [6.07, 6.45) is 1.85. The van der Waals surface area contributed by atoms with E-state index in [1.165, 1.54) is 7.11 Å². The predicted molar refractivity (Wildman–Crippen MR) is 74.2 cm³/mol. The Hall–Kier alpha value is -1.88. The smallest absolute Gasteiger partial charge is 0.320 e. The predicted octanol–water partition coefficient (Wildman–Crippen LogP) is 1.82. The van der Waals surface area contributed by atoms with Gasteiger partial charge in [0.25, 0.3) is 0 Å². The number of nitrogens with zero attached hydrogens (tertiary/aromatic N) is 1. The van der Waals surface area contributed by atoms with Crippen LogP contribution in [0.2, 0.25) is 0 Å². The first kappa shape index (κ1) is 14.5. The van der Waals surface area contributed by atoms with Crippen molar-refractivity contribution in [2.45, 2.75) is 25.3 Å². The number of carboxylic acid groups (broad SMARTS) is 1. The van der Waals surface area contributed by atoms with Crippen molar-refractivity contribution in [3.8, 4) is 5.75 Å². The lowest BCUT2D eigenvalue weighted by molar-refractivity contribution is -0.142. The van der Waals surface area contributed by atoms with Gasteiger partial charge in [0.15, 0.2) is 5.78 Å². The van der Waals surface area contributed by atoms with Gasteiger partial charge >= 0.3 is 5.97 Å². The van der Waals surface area contributed by atoms with Crippen LogP contribution in [0.3, 0.4) is 0 Å². The molecule has 108 valence electrons. The van der Waals surface area contributed by atoms with Crippen LogP contribution in [-0.4, -0.2) is 48.0 Å². The van der Waals surface area contributed by atoms with E-state index < -0.39 is 12.0 Å². The molecule has 2 rings (SSSR count). The summed E-state index contributed by atoms with van der Waals surface area (Å²) in [5, 5.41) is 9.10. The van der Waals surface area contributed by atoms with Gasteiger partial charge in [0, 0.05) is 13.0 Å².